The number of nitrogens with zero attached hydrogens (tertiary/aromatic N) is 1. The Labute approximate surface area is 162 Å². The number of para-hydroxylation sites is 1. The lowest BCUT2D eigenvalue weighted by molar-refractivity contribution is -0.384. The zero-order valence-electron chi connectivity index (χ0n) is 15.7. The first kappa shape index (κ1) is 18.0. The molecule has 0 saturated carbocycles. The monoisotopic (exact) mass is 376 g/mol. The van der Waals surface area contributed by atoms with Crippen LogP contribution in [0.4, 0.5) is 17.3 Å². The highest BCUT2D eigenvalue weighted by atomic mass is 16.6. The maximum atomic E-state index is 12.7. The molecule has 4 rings (SSSR count). The van der Waals surface area contributed by atoms with Gasteiger partial charge in [-0.15, -0.1) is 0 Å². The summed E-state index contributed by atoms with van der Waals surface area (Å²) in [6.45, 7) is 4.02. The summed E-state index contributed by atoms with van der Waals surface area (Å²) in [7, 11) is 0. The van der Waals surface area contributed by atoms with Gasteiger partial charge in [0.05, 0.1) is 16.1 Å². The van der Waals surface area contributed by atoms with E-state index in [1.54, 1.807) is 12.1 Å². The third kappa shape index (κ3) is 3.07. The van der Waals surface area contributed by atoms with Gasteiger partial charge in [-0.2, -0.15) is 0 Å². The molecule has 0 radical (unpaired) electrons. The summed E-state index contributed by atoms with van der Waals surface area (Å²) in [5.41, 5.74) is 5.07. The fourth-order valence-corrected chi connectivity index (χ4v) is 3.72. The van der Waals surface area contributed by atoms with E-state index in [1.807, 2.05) is 32.0 Å². The van der Waals surface area contributed by atoms with Crippen LogP contribution >= 0.6 is 0 Å². The quantitative estimate of drug-likeness (QED) is 0.464. The van der Waals surface area contributed by atoms with Gasteiger partial charge >= 0.3 is 0 Å². The van der Waals surface area contributed by atoms with Gasteiger partial charge < -0.3 is 9.73 Å². The lowest BCUT2D eigenvalue weighted by atomic mass is 9.91. The summed E-state index contributed by atoms with van der Waals surface area (Å²) < 4.78 is 6.09. The molecule has 1 aliphatic carbocycles. The molecule has 142 valence electrons. The number of hydrogen-bond donors (Lipinski definition) is 1. The second-order valence-electron chi connectivity index (χ2n) is 7.08. The maximum absolute atomic E-state index is 12.7. The molecule has 0 aliphatic heterocycles. The molecule has 1 aliphatic rings. The van der Waals surface area contributed by atoms with Gasteiger partial charge in [0, 0.05) is 30.7 Å². The standard InChI is InChI=1S/C22H20N2O4/c1-13-5-3-6-14(2)21(13)23-22-19(15-9-11-16(12-10-15)24(26)27)20-17(25)7-4-8-18(20)28-22/h3,5-6,9-12,23H,4,7-8H2,1-2H3. The summed E-state index contributed by atoms with van der Waals surface area (Å²) in [6.07, 6.45) is 1.95. The summed E-state index contributed by atoms with van der Waals surface area (Å²) >= 11 is 0. The SMILES string of the molecule is Cc1cccc(C)c1Nc1oc2c(c1-c1ccc([N+](=O)[O-])cc1)C(=O)CCC2. The first-order valence-corrected chi connectivity index (χ1v) is 9.22. The van der Waals surface area contributed by atoms with Gasteiger partial charge in [0.2, 0.25) is 5.88 Å². The van der Waals surface area contributed by atoms with Crippen LogP contribution in [0, 0.1) is 24.0 Å². The van der Waals surface area contributed by atoms with Gasteiger partial charge in [-0.05, 0) is 49.1 Å². The number of aryl methyl sites for hydroxylation is 3. The molecule has 0 fully saturated rings. The van der Waals surface area contributed by atoms with Crippen molar-refractivity contribution in [2.45, 2.75) is 33.1 Å². The third-order valence-corrected chi connectivity index (χ3v) is 5.15. The molecule has 1 N–H and O–H groups in total. The number of ketones is 1. The van der Waals surface area contributed by atoms with Gasteiger partial charge in [-0.25, -0.2) is 0 Å². The first-order chi connectivity index (χ1) is 13.5. The third-order valence-electron chi connectivity index (χ3n) is 5.15. The first-order valence-electron chi connectivity index (χ1n) is 9.22. The molecule has 28 heavy (non-hydrogen) atoms. The largest absolute Gasteiger partial charge is 0.444 e. The van der Waals surface area contributed by atoms with Gasteiger partial charge in [0.1, 0.15) is 5.76 Å². The highest BCUT2D eigenvalue weighted by Gasteiger charge is 2.30. The zero-order chi connectivity index (χ0) is 19.8. The highest BCUT2D eigenvalue weighted by molar-refractivity contribution is 6.07. The molecule has 0 amide bonds. The van der Waals surface area contributed by atoms with E-state index in [9.17, 15) is 14.9 Å². The molecule has 0 saturated heterocycles. The number of nitro groups is 1. The molecule has 0 unspecified atom stereocenters. The summed E-state index contributed by atoms with van der Waals surface area (Å²) in [5.74, 6) is 1.23. The van der Waals surface area contributed by atoms with E-state index < -0.39 is 4.92 Å². The van der Waals surface area contributed by atoms with Crippen LogP contribution < -0.4 is 5.32 Å². The minimum absolute atomic E-state index is 0.0108. The van der Waals surface area contributed by atoms with Gasteiger partial charge in [0.15, 0.2) is 5.78 Å². The van der Waals surface area contributed by atoms with E-state index >= 15 is 0 Å². The molecule has 0 bridgehead atoms. The number of hydrogen-bond acceptors (Lipinski definition) is 5. The van der Waals surface area contributed by atoms with Crippen LogP contribution in [-0.4, -0.2) is 10.7 Å². The second-order valence-corrected chi connectivity index (χ2v) is 7.08. The fraction of sp³-hybridized carbons (Fsp3) is 0.227. The van der Waals surface area contributed by atoms with Crippen LogP contribution in [0.3, 0.4) is 0 Å². The Morgan fingerprint density at radius 1 is 1.00 bits per heavy atom. The number of anilines is 2. The van der Waals surface area contributed by atoms with Crippen molar-refractivity contribution in [1.82, 2.24) is 0 Å². The van der Waals surface area contributed by atoms with Crippen molar-refractivity contribution in [3.63, 3.8) is 0 Å². The van der Waals surface area contributed by atoms with Crippen LogP contribution in [0.25, 0.3) is 11.1 Å². The topological polar surface area (TPSA) is 85.4 Å². The Kier molecular flexibility index (Phi) is 4.47. The average molecular weight is 376 g/mol. The number of carbonyl (C=O) groups is 1. The average Bonchev–Trinajstić information content (AvgIpc) is 3.04. The zero-order valence-corrected chi connectivity index (χ0v) is 15.7. The normalized spacial score (nSPS) is 13.3. The molecule has 6 heteroatoms. The molecule has 1 heterocycles. The Bertz CT molecular complexity index is 1060. The van der Waals surface area contributed by atoms with E-state index in [0.717, 1.165) is 28.8 Å². The Morgan fingerprint density at radius 3 is 2.32 bits per heavy atom. The van der Waals surface area contributed by atoms with Crippen LogP contribution in [0.15, 0.2) is 46.9 Å². The number of nitro benzene ring substituents is 1. The van der Waals surface area contributed by atoms with E-state index in [2.05, 4.69) is 5.32 Å². The summed E-state index contributed by atoms with van der Waals surface area (Å²) in [4.78, 5) is 23.2. The van der Waals surface area contributed by atoms with Crippen molar-refractivity contribution in [2.24, 2.45) is 0 Å². The van der Waals surface area contributed by atoms with Gasteiger partial charge in [-0.1, -0.05) is 18.2 Å². The van der Waals surface area contributed by atoms with Crippen LogP contribution in [0.5, 0.6) is 0 Å². The Balaban J connectivity index is 1.87. The van der Waals surface area contributed by atoms with Crippen molar-refractivity contribution in [3.05, 3.63) is 75.0 Å². The molecule has 3 aromatic rings. The molecule has 6 nitrogen and oxygen atoms in total. The highest BCUT2D eigenvalue weighted by Crippen LogP contribution is 2.42. The molecular weight excluding hydrogens is 356 g/mol. The van der Waals surface area contributed by atoms with E-state index in [0.29, 0.717) is 35.6 Å². The molecule has 0 spiro atoms. The molecule has 2 aromatic carbocycles. The van der Waals surface area contributed by atoms with E-state index in [-0.39, 0.29) is 11.5 Å². The van der Waals surface area contributed by atoms with Crippen molar-refractivity contribution in [1.29, 1.82) is 0 Å². The predicted molar refractivity (Wildman–Crippen MR) is 107 cm³/mol. The van der Waals surface area contributed by atoms with Crippen LogP contribution in [0.2, 0.25) is 0 Å². The smallest absolute Gasteiger partial charge is 0.269 e. The van der Waals surface area contributed by atoms with E-state index in [1.165, 1.54) is 12.1 Å². The Morgan fingerprint density at radius 2 is 1.68 bits per heavy atom. The van der Waals surface area contributed by atoms with Crippen LogP contribution in [0.1, 0.15) is 40.1 Å². The maximum Gasteiger partial charge on any atom is 0.269 e. The minimum atomic E-state index is -0.435. The lowest BCUT2D eigenvalue weighted by Gasteiger charge is -2.13. The number of furan rings is 1. The number of rotatable bonds is 4. The number of benzene rings is 2. The van der Waals surface area contributed by atoms with Gasteiger partial charge in [0.25, 0.3) is 5.69 Å². The van der Waals surface area contributed by atoms with Crippen LogP contribution in [-0.2, 0) is 6.42 Å². The minimum Gasteiger partial charge on any atom is -0.444 e. The number of carbonyl (C=O) groups excluding carboxylic acids is 1. The fourth-order valence-electron chi connectivity index (χ4n) is 3.72. The van der Waals surface area contributed by atoms with Crippen molar-refractivity contribution in [2.75, 3.05) is 5.32 Å². The summed E-state index contributed by atoms with van der Waals surface area (Å²) in [6, 6.07) is 12.2. The van der Waals surface area contributed by atoms with Crippen molar-refractivity contribution >= 4 is 23.0 Å². The predicted octanol–water partition coefficient (Wildman–Crippen LogP) is 5.73. The second kappa shape index (κ2) is 6.96. The lowest BCUT2D eigenvalue weighted by Crippen LogP contribution is -2.09. The van der Waals surface area contributed by atoms with Gasteiger partial charge in [-0.3, -0.25) is 14.9 Å². The molecular formula is C22H20N2O4. The number of Topliss-reactive ketones (excluding diaryl/α,β-unsaturated/α-hetero) is 1. The molecule has 0 atom stereocenters. The summed E-state index contributed by atoms with van der Waals surface area (Å²) in [5, 5.41) is 14.4. The molecule has 1 aromatic heterocycles. The number of non-ortho nitro benzene ring substituents is 1. The van der Waals surface area contributed by atoms with Crippen molar-refractivity contribution < 1.29 is 14.1 Å². The number of nitrogens with one attached hydrogen (secondary N) is 1. The Hall–Kier alpha value is -3.41. The van der Waals surface area contributed by atoms with Crippen molar-refractivity contribution in [3.8, 4) is 11.1 Å². The number of fused-ring (bicyclic) bond motifs is 1. The van der Waals surface area contributed by atoms with E-state index in [4.69, 9.17) is 4.42 Å².